The molecule has 1 amide bonds. The van der Waals surface area contributed by atoms with Crippen LogP contribution in [0.1, 0.15) is 29.5 Å². The maximum atomic E-state index is 13.2. The number of hydrogen-bond acceptors (Lipinski definition) is 5. The van der Waals surface area contributed by atoms with E-state index in [9.17, 15) is 13.2 Å². The minimum absolute atomic E-state index is 0.104. The van der Waals surface area contributed by atoms with Crippen LogP contribution in [0.3, 0.4) is 0 Å². The summed E-state index contributed by atoms with van der Waals surface area (Å²) in [5.41, 5.74) is 3.08. The zero-order valence-corrected chi connectivity index (χ0v) is 19.9. The lowest BCUT2D eigenvalue weighted by molar-refractivity contribution is -0.137. The average molecular weight is 471 g/mol. The number of hydrogen-bond donors (Lipinski definition) is 0. The predicted molar refractivity (Wildman–Crippen MR) is 127 cm³/mol. The van der Waals surface area contributed by atoms with Crippen LogP contribution in [0.5, 0.6) is 11.5 Å². The number of ether oxygens (including phenoxy) is 2. The van der Waals surface area contributed by atoms with Crippen LogP contribution in [0.4, 0.5) is 0 Å². The monoisotopic (exact) mass is 470 g/mol. The quantitative estimate of drug-likeness (QED) is 0.648. The fourth-order valence-electron chi connectivity index (χ4n) is 4.50. The normalized spacial score (nSPS) is 17.7. The highest BCUT2D eigenvalue weighted by atomic mass is 32.2. The summed E-state index contributed by atoms with van der Waals surface area (Å²) in [6.07, 6.45) is 3.44. The van der Waals surface area contributed by atoms with Crippen molar-refractivity contribution in [2.24, 2.45) is 5.92 Å². The third-order valence-electron chi connectivity index (χ3n) is 6.42. The largest absolute Gasteiger partial charge is 0.493 e. The Morgan fingerprint density at radius 1 is 0.970 bits per heavy atom. The molecule has 0 bridgehead atoms. The van der Waals surface area contributed by atoms with Crippen molar-refractivity contribution in [3.8, 4) is 11.5 Å². The molecule has 0 aromatic heterocycles. The van der Waals surface area contributed by atoms with Crippen molar-refractivity contribution in [2.75, 3.05) is 33.9 Å². The van der Waals surface area contributed by atoms with Crippen LogP contribution in [0, 0.1) is 5.92 Å². The molecule has 2 aromatic carbocycles. The molecule has 0 N–H and O–H groups in total. The number of sulfonamides is 1. The van der Waals surface area contributed by atoms with Crippen LogP contribution >= 0.6 is 0 Å². The van der Waals surface area contributed by atoms with Gasteiger partial charge < -0.3 is 14.4 Å². The van der Waals surface area contributed by atoms with Gasteiger partial charge >= 0.3 is 0 Å². The van der Waals surface area contributed by atoms with E-state index in [0.717, 1.165) is 17.5 Å². The second-order valence-corrected chi connectivity index (χ2v) is 10.2. The molecule has 1 saturated heterocycles. The zero-order chi connectivity index (χ0) is 23.4. The topological polar surface area (TPSA) is 76.2 Å². The molecule has 4 rings (SSSR count). The predicted octanol–water partition coefficient (Wildman–Crippen LogP) is 3.30. The fraction of sp³-hybridized carbons (Fsp3) is 0.400. The number of piperidine rings is 1. The Bertz CT molecular complexity index is 1120. The molecule has 2 heterocycles. The van der Waals surface area contributed by atoms with E-state index in [0.29, 0.717) is 50.5 Å². The minimum Gasteiger partial charge on any atom is -0.493 e. The van der Waals surface area contributed by atoms with Gasteiger partial charge in [-0.15, -0.1) is 0 Å². The third-order valence-corrected chi connectivity index (χ3v) is 7.99. The van der Waals surface area contributed by atoms with Gasteiger partial charge in [-0.2, -0.15) is 4.31 Å². The van der Waals surface area contributed by atoms with E-state index < -0.39 is 10.0 Å². The molecule has 7 nitrogen and oxygen atoms in total. The van der Waals surface area contributed by atoms with Gasteiger partial charge in [0.1, 0.15) is 0 Å². The standard InChI is InChI=1S/C25H30N2O5S/c1-31-23-16-21-8-12-26(18-22(21)17-24(23)32-2)25(28)20-9-13-27(14-10-20)33(29,30)15-11-19-6-4-3-5-7-19/h3-7,11,15-17,20H,8-10,12-14,18H2,1-2H3/b15-11+. The second-order valence-electron chi connectivity index (χ2n) is 8.42. The van der Waals surface area contributed by atoms with Gasteiger partial charge in [0.15, 0.2) is 11.5 Å². The van der Waals surface area contributed by atoms with E-state index in [4.69, 9.17) is 9.47 Å². The van der Waals surface area contributed by atoms with Gasteiger partial charge in [0, 0.05) is 37.5 Å². The van der Waals surface area contributed by atoms with Gasteiger partial charge in [0.25, 0.3) is 0 Å². The fourth-order valence-corrected chi connectivity index (χ4v) is 5.72. The first-order valence-electron chi connectivity index (χ1n) is 11.2. The van der Waals surface area contributed by atoms with E-state index >= 15 is 0 Å². The van der Waals surface area contributed by atoms with Crippen LogP contribution in [-0.2, 0) is 27.8 Å². The Labute approximate surface area is 195 Å². The number of methoxy groups -OCH3 is 2. The zero-order valence-electron chi connectivity index (χ0n) is 19.1. The molecule has 33 heavy (non-hydrogen) atoms. The van der Waals surface area contributed by atoms with Crippen molar-refractivity contribution < 1.29 is 22.7 Å². The van der Waals surface area contributed by atoms with Crippen molar-refractivity contribution in [3.63, 3.8) is 0 Å². The number of carbonyl (C=O) groups is 1. The average Bonchev–Trinajstić information content (AvgIpc) is 2.86. The maximum Gasteiger partial charge on any atom is 0.236 e. The molecule has 2 aliphatic rings. The molecule has 0 spiro atoms. The van der Waals surface area contributed by atoms with Crippen LogP contribution in [0.2, 0.25) is 0 Å². The Morgan fingerprint density at radius 3 is 2.24 bits per heavy atom. The summed E-state index contributed by atoms with van der Waals surface area (Å²) in [6, 6.07) is 13.3. The van der Waals surface area contributed by atoms with E-state index in [1.54, 1.807) is 20.3 Å². The van der Waals surface area contributed by atoms with E-state index in [1.165, 1.54) is 15.3 Å². The molecule has 2 aliphatic heterocycles. The highest BCUT2D eigenvalue weighted by Crippen LogP contribution is 2.34. The van der Waals surface area contributed by atoms with Crippen LogP contribution in [0.15, 0.2) is 47.9 Å². The Kier molecular flexibility index (Phi) is 7.05. The van der Waals surface area contributed by atoms with Gasteiger partial charge in [0.05, 0.1) is 14.2 Å². The SMILES string of the molecule is COc1cc2c(cc1OC)CN(C(=O)C1CCN(S(=O)(=O)/C=C/c3ccccc3)CC1)CC2. The third kappa shape index (κ3) is 5.23. The number of carbonyl (C=O) groups excluding carboxylic acids is 1. The van der Waals surface area contributed by atoms with E-state index in [1.807, 2.05) is 47.4 Å². The molecule has 0 radical (unpaired) electrons. The number of rotatable bonds is 6. The van der Waals surface area contributed by atoms with Gasteiger partial charge in [0.2, 0.25) is 15.9 Å². The van der Waals surface area contributed by atoms with E-state index in [2.05, 4.69) is 0 Å². The molecule has 2 aromatic rings. The summed E-state index contributed by atoms with van der Waals surface area (Å²) >= 11 is 0. The lowest BCUT2D eigenvalue weighted by Crippen LogP contribution is -2.45. The number of benzene rings is 2. The highest BCUT2D eigenvalue weighted by molar-refractivity contribution is 7.92. The molecule has 0 saturated carbocycles. The first-order chi connectivity index (χ1) is 15.9. The van der Waals surface area contributed by atoms with E-state index in [-0.39, 0.29) is 11.8 Å². The van der Waals surface area contributed by atoms with Crippen molar-refractivity contribution in [3.05, 3.63) is 64.6 Å². The van der Waals surface area contributed by atoms with Crippen LogP contribution in [-0.4, -0.2) is 57.4 Å². The summed E-state index contributed by atoms with van der Waals surface area (Å²) in [5.74, 6) is 1.31. The van der Waals surface area contributed by atoms with Gasteiger partial charge in [-0.1, -0.05) is 30.3 Å². The van der Waals surface area contributed by atoms with Crippen LogP contribution < -0.4 is 9.47 Å². The maximum absolute atomic E-state index is 13.2. The van der Waals surface area contributed by atoms with Crippen molar-refractivity contribution in [2.45, 2.75) is 25.8 Å². The summed E-state index contributed by atoms with van der Waals surface area (Å²) in [6.45, 7) is 1.90. The minimum atomic E-state index is -3.51. The first kappa shape index (κ1) is 23.3. The number of amides is 1. The molecule has 1 fully saturated rings. The van der Waals surface area contributed by atoms with Crippen molar-refractivity contribution in [1.82, 2.24) is 9.21 Å². The second kappa shape index (κ2) is 9.97. The molecule has 8 heteroatoms. The highest BCUT2D eigenvalue weighted by Gasteiger charge is 2.33. The van der Waals surface area contributed by atoms with Crippen molar-refractivity contribution in [1.29, 1.82) is 0 Å². The summed E-state index contributed by atoms with van der Waals surface area (Å²) < 4.78 is 37.7. The Morgan fingerprint density at radius 2 is 1.61 bits per heavy atom. The van der Waals surface area contributed by atoms with Gasteiger partial charge in [-0.05, 0) is 54.2 Å². The molecule has 0 atom stereocenters. The molecule has 176 valence electrons. The number of fused-ring (bicyclic) bond motifs is 1. The van der Waals surface area contributed by atoms with Gasteiger partial charge in [-0.25, -0.2) is 8.42 Å². The summed E-state index contributed by atoms with van der Waals surface area (Å²) in [7, 11) is -0.286. The number of nitrogens with zero attached hydrogens (tertiary/aromatic N) is 2. The van der Waals surface area contributed by atoms with Crippen molar-refractivity contribution >= 4 is 22.0 Å². The molecular formula is C25H30N2O5S. The molecule has 0 aliphatic carbocycles. The summed E-state index contributed by atoms with van der Waals surface area (Å²) in [5, 5.41) is 1.26. The lowest BCUT2D eigenvalue weighted by atomic mass is 9.93. The Balaban J connectivity index is 1.36. The van der Waals surface area contributed by atoms with Gasteiger partial charge in [-0.3, -0.25) is 4.79 Å². The molecule has 0 unspecified atom stereocenters. The lowest BCUT2D eigenvalue weighted by Gasteiger charge is -2.35. The summed E-state index contributed by atoms with van der Waals surface area (Å²) in [4.78, 5) is 15.1. The Hall–Kier alpha value is -2.84. The van der Waals surface area contributed by atoms with Crippen LogP contribution in [0.25, 0.3) is 6.08 Å². The molecular weight excluding hydrogens is 440 g/mol. The first-order valence-corrected chi connectivity index (χ1v) is 12.7. The smallest absolute Gasteiger partial charge is 0.236 e.